The molecule has 2 N–H and O–H groups in total. The fourth-order valence-corrected chi connectivity index (χ4v) is 1.87. The number of nitrogens with zero attached hydrogens (tertiary/aromatic N) is 2. The van der Waals surface area contributed by atoms with E-state index in [2.05, 4.69) is 20.6 Å². The van der Waals surface area contributed by atoms with Crippen LogP contribution in [0.2, 0.25) is 5.02 Å². The van der Waals surface area contributed by atoms with E-state index in [0.717, 1.165) is 12.2 Å². The van der Waals surface area contributed by atoms with Crippen LogP contribution in [-0.2, 0) is 6.54 Å². The van der Waals surface area contributed by atoms with E-state index in [1.807, 2.05) is 25.1 Å². The van der Waals surface area contributed by atoms with Crippen molar-refractivity contribution in [3.63, 3.8) is 0 Å². The van der Waals surface area contributed by atoms with Crippen LogP contribution in [0.4, 0.5) is 5.82 Å². The van der Waals surface area contributed by atoms with E-state index in [0.29, 0.717) is 22.9 Å². The molecule has 0 aromatic carbocycles. The van der Waals surface area contributed by atoms with Crippen LogP contribution in [0.15, 0.2) is 36.7 Å². The molecule has 20 heavy (non-hydrogen) atoms. The highest BCUT2D eigenvalue weighted by Crippen LogP contribution is 2.19. The van der Waals surface area contributed by atoms with Crippen LogP contribution >= 0.6 is 11.6 Å². The maximum absolute atomic E-state index is 12.0. The Balaban J connectivity index is 2.00. The number of halogens is 1. The first kappa shape index (κ1) is 14.3. The predicted octanol–water partition coefficient (Wildman–Crippen LogP) is 2.49. The van der Waals surface area contributed by atoms with Crippen molar-refractivity contribution in [3.8, 4) is 0 Å². The molecule has 0 saturated carbocycles. The van der Waals surface area contributed by atoms with Crippen LogP contribution in [0.3, 0.4) is 0 Å². The van der Waals surface area contributed by atoms with Crippen LogP contribution < -0.4 is 10.6 Å². The van der Waals surface area contributed by atoms with Crippen LogP contribution in [-0.4, -0.2) is 22.4 Å². The molecule has 6 heteroatoms. The van der Waals surface area contributed by atoms with E-state index >= 15 is 0 Å². The zero-order chi connectivity index (χ0) is 14.4. The Morgan fingerprint density at radius 1 is 1.35 bits per heavy atom. The summed E-state index contributed by atoms with van der Waals surface area (Å²) in [5.41, 5.74) is 1.22. The summed E-state index contributed by atoms with van der Waals surface area (Å²) in [5.74, 6) is 0.351. The molecule has 1 amide bonds. The first-order valence-corrected chi connectivity index (χ1v) is 6.66. The molecule has 0 aliphatic heterocycles. The van der Waals surface area contributed by atoms with Gasteiger partial charge in [0, 0.05) is 18.9 Å². The molecule has 0 aliphatic carbocycles. The number of nitrogens with one attached hydrogen (secondary N) is 2. The normalized spacial score (nSPS) is 10.1. The molecule has 2 aromatic rings. The Labute approximate surface area is 122 Å². The number of anilines is 1. The summed E-state index contributed by atoms with van der Waals surface area (Å²) in [5, 5.41) is 6.22. The largest absolute Gasteiger partial charge is 0.369 e. The van der Waals surface area contributed by atoms with Crippen molar-refractivity contribution in [2.45, 2.75) is 13.5 Å². The minimum absolute atomic E-state index is 0.229. The number of pyridine rings is 2. The van der Waals surface area contributed by atoms with Crippen molar-refractivity contribution < 1.29 is 4.79 Å². The summed E-state index contributed by atoms with van der Waals surface area (Å²) >= 11 is 6.05. The van der Waals surface area contributed by atoms with Crippen molar-refractivity contribution in [3.05, 3.63) is 52.9 Å². The highest BCUT2D eigenvalue weighted by molar-refractivity contribution is 6.33. The van der Waals surface area contributed by atoms with Gasteiger partial charge in [-0.15, -0.1) is 0 Å². The van der Waals surface area contributed by atoms with E-state index < -0.39 is 0 Å². The monoisotopic (exact) mass is 290 g/mol. The van der Waals surface area contributed by atoms with Gasteiger partial charge in [-0.3, -0.25) is 9.78 Å². The fraction of sp³-hybridized carbons (Fsp3) is 0.214. The lowest BCUT2D eigenvalue weighted by atomic mass is 10.2. The topological polar surface area (TPSA) is 66.9 Å². The SMILES string of the molecule is CCNc1ncc(C(=O)NCc2ccccn2)cc1Cl. The van der Waals surface area contributed by atoms with Gasteiger partial charge < -0.3 is 10.6 Å². The van der Waals surface area contributed by atoms with Gasteiger partial charge >= 0.3 is 0 Å². The number of hydrogen-bond donors (Lipinski definition) is 2. The Morgan fingerprint density at radius 3 is 2.85 bits per heavy atom. The van der Waals surface area contributed by atoms with Crippen molar-refractivity contribution >= 4 is 23.3 Å². The van der Waals surface area contributed by atoms with Crippen LogP contribution in [0, 0.1) is 0 Å². The Hall–Kier alpha value is -2.14. The zero-order valence-electron chi connectivity index (χ0n) is 11.1. The van der Waals surface area contributed by atoms with E-state index in [-0.39, 0.29) is 5.91 Å². The third kappa shape index (κ3) is 3.68. The molecule has 2 heterocycles. The standard InChI is InChI=1S/C14H15ClN4O/c1-2-16-13-12(15)7-10(8-18-13)14(20)19-9-11-5-3-4-6-17-11/h3-8H,2,9H2,1H3,(H,16,18)(H,19,20). The second kappa shape index (κ2) is 6.86. The van der Waals surface area contributed by atoms with E-state index in [1.165, 1.54) is 6.20 Å². The van der Waals surface area contributed by atoms with Crippen LogP contribution in [0.5, 0.6) is 0 Å². The van der Waals surface area contributed by atoms with Gasteiger partial charge in [0.05, 0.1) is 22.8 Å². The summed E-state index contributed by atoms with van der Waals surface area (Å²) in [7, 11) is 0. The van der Waals surface area contributed by atoms with Gasteiger partial charge in [-0.05, 0) is 25.1 Å². The summed E-state index contributed by atoms with van der Waals surface area (Å²) in [4.78, 5) is 20.2. The molecule has 0 unspecified atom stereocenters. The van der Waals surface area contributed by atoms with Crippen molar-refractivity contribution in [2.75, 3.05) is 11.9 Å². The average Bonchev–Trinajstić information content (AvgIpc) is 2.48. The van der Waals surface area contributed by atoms with Crippen molar-refractivity contribution in [1.82, 2.24) is 15.3 Å². The number of aromatic nitrogens is 2. The summed E-state index contributed by atoms with van der Waals surface area (Å²) < 4.78 is 0. The Morgan fingerprint density at radius 2 is 2.20 bits per heavy atom. The van der Waals surface area contributed by atoms with Crippen LogP contribution in [0.1, 0.15) is 23.0 Å². The molecule has 0 aliphatic rings. The third-order valence-electron chi connectivity index (χ3n) is 2.60. The lowest BCUT2D eigenvalue weighted by Crippen LogP contribution is -2.23. The number of hydrogen-bond acceptors (Lipinski definition) is 4. The molecule has 2 rings (SSSR count). The zero-order valence-corrected chi connectivity index (χ0v) is 11.8. The van der Waals surface area contributed by atoms with Crippen molar-refractivity contribution in [1.29, 1.82) is 0 Å². The van der Waals surface area contributed by atoms with Gasteiger partial charge in [-0.2, -0.15) is 0 Å². The van der Waals surface area contributed by atoms with Gasteiger partial charge in [-0.25, -0.2) is 4.98 Å². The molecule has 2 aromatic heterocycles. The lowest BCUT2D eigenvalue weighted by Gasteiger charge is -2.08. The second-order valence-corrected chi connectivity index (χ2v) is 4.50. The molecule has 0 atom stereocenters. The predicted molar refractivity (Wildman–Crippen MR) is 78.8 cm³/mol. The number of amides is 1. The van der Waals surface area contributed by atoms with E-state index in [1.54, 1.807) is 12.3 Å². The second-order valence-electron chi connectivity index (χ2n) is 4.09. The number of rotatable bonds is 5. The minimum atomic E-state index is -0.229. The lowest BCUT2D eigenvalue weighted by molar-refractivity contribution is 0.0950. The quantitative estimate of drug-likeness (QED) is 0.888. The van der Waals surface area contributed by atoms with Gasteiger partial charge in [0.1, 0.15) is 5.82 Å². The van der Waals surface area contributed by atoms with Crippen LogP contribution in [0.25, 0.3) is 0 Å². The molecule has 5 nitrogen and oxygen atoms in total. The summed E-state index contributed by atoms with van der Waals surface area (Å²) in [6.45, 7) is 3.04. The molecule has 0 spiro atoms. The number of carbonyl (C=O) groups is 1. The maximum Gasteiger partial charge on any atom is 0.253 e. The summed E-state index contributed by atoms with van der Waals surface area (Å²) in [6, 6.07) is 7.15. The number of carbonyl (C=O) groups excluding carboxylic acids is 1. The highest BCUT2D eigenvalue weighted by Gasteiger charge is 2.09. The van der Waals surface area contributed by atoms with Gasteiger partial charge in [0.2, 0.25) is 0 Å². The van der Waals surface area contributed by atoms with Crippen molar-refractivity contribution in [2.24, 2.45) is 0 Å². The summed E-state index contributed by atoms with van der Waals surface area (Å²) in [6.07, 6.45) is 3.18. The van der Waals surface area contributed by atoms with E-state index in [4.69, 9.17) is 11.6 Å². The Bertz CT molecular complexity index is 589. The minimum Gasteiger partial charge on any atom is -0.369 e. The first-order valence-electron chi connectivity index (χ1n) is 6.28. The maximum atomic E-state index is 12.0. The molecule has 0 radical (unpaired) electrons. The molecule has 0 bridgehead atoms. The average molecular weight is 291 g/mol. The highest BCUT2D eigenvalue weighted by atomic mass is 35.5. The molecule has 104 valence electrons. The molecule has 0 saturated heterocycles. The molecule has 0 fully saturated rings. The fourth-order valence-electron chi connectivity index (χ4n) is 1.64. The van der Waals surface area contributed by atoms with Gasteiger partial charge in [0.15, 0.2) is 0 Å². The third-order valence-corrected chi connectivity index (χ3v) is 2.89. The Kier molecular flexibility index (Phi) is 4.90. The van der Waals surface area contributed by atoms with Gasteiger partial charge in [0.25, 0.3) is 5.91 Å². The first-order chi connectivity index (χ1) is 9.70. The van der Waals surface area contributed by atoms with Gasteiger partial charge in [-0.1, -0.05) is 17.7 Å². The smallest absolute Gasteiger partial charge is 0.253 e. The van der Waals surface area contributed by atoms with E-state index in [9.17, 15) is 4.79 Å². The molecular weight excluding hydrogens is 276 g/mol. The molecular formula is C14H15ClN4O.